The Bertz CT molecular complexity index is 454. The molecule has 1 aromatic carbocycles. The third-order valence-corrected chi connectivity index (χ3v) is 6.57. The molecule has 0 bridgehead atoms. The quantitative estimate of drug-likeness (QED) is 0.756. The second-order valence-corrected chi connectivity index (χ2v) is 8.25. The molecule has 0 radical (unpaired) electrons. The molecule has 2 aliphatic heterocycles. The van der Waals surface area contributed by atoms with Crippen LogP contribution in [0, 0.1) is 9.49 Å². The number of ether oxygens (including phenoxy) is 1. The summed E-state index contributed by atoms with van der Waals surface area (Å²) < 4.78 is 7.29. The van der Waals surface area contributed by atoms with Gasteiger partial charge >= 0.3 is 0 Å². The van der Waals surface area contributed by atoms with Crippen molar-refractivity contribution in [2.45, 2.75) is 37.4 Å². The highest BCUT2D eigenvalue weighted by Gasteiger charge is 2.41. The number of hydrogen-bond acceptors (Lipinski definition) is 3. The van der Waals surface area contributed by atoms with Crippen LogP contribution >= 0.6 is 34.4 Å². The molecule has 20 heavy (non-hydrogen) atoms. The van der Waals surface area contributed by atoms with Crippen molar-refractivity contribution in [3.05, 3.63) is 33.4 Å². The van der Waals surface area contributed by atoms with E-state index in [2.05, 4.69) is 34.7 Å². The Balaban J connectivity index is 1.75. The summed E-state index contributed by atoms with van der Waals surface area (Å²) in [4.78, 5) is 0. The second-order valence-electron chi connectivity index (χ2n) is 5.86. The van der Waals surface area contributed by atoms with E-state index in [4.69, 9.17) is 4.74 Å². The first kappa shape index (κ1) is 15.1. The van der Waals surface area contributed by atoms with Crippen molar-refractivity contribution >= 4 is 34.4 Å². The molecule has 2 fully saturated rings. The fourth-order valence-corrected chi connectivity index (χ4v) is 5.34. The van der Waals surface area contributed by atoms with E-state index in [1.165, 1.54) is 11.5 Å². The van der Waals surface area contributed by atoms with E-state index in [1.807, 2.05) is 23.9 Å². The number of halogens is 1. The monoisotopic (exact) mass is 404 g/mol. The van der Waals surface area contributed by atoms with Crippen LogP contribution in [0.5, 0.6) is 0 Å². The van der Waals surface area contributed by atoms with Crippen LogP contribution in [0.25, 0.3) is 0 Å². The molecular weight excluding hydrogens is 383 g/mol. The highest BCUT2D eigenvalue weighted by molar-refractivity contribution is 14.1. The average Bonchev–Trinajstić information content (AvgIpc) is 2.48. The van der Waals surface area contributed by atoms with Gasteiger partial charge in [0.1, 0.15) is 0 Å². The maximum absolute atomic E-state index is 10.8. The molecule has 2 nitrogen and oxygen atoms in total. The van der Waals surface area contributed by atoms with Crippen LogP contribution in [0.3, 0.4) is 0 Å². The summed E-state index contributed by atoms with van der Waals surface area (Å²) in [6.07, 6.45) is 3.93. The summed E-state index contributed by atoms with van der Waals surface area (Å²) in [6.45, 7) is 0.801. The van der Waals surface area contributed by atoms with E-state index in [-0.39, 0.29) is 11.7 Å². The molecule has 1 N–H and O–H groups in total. The molecule has 0 aliphatic carbocycles. The molecule has 0 saturated carbocycles. The number of aliphatic hydroxyl groups excluding tert-OH is 1. The largest absolute Gasteiger partial charge is 0.388 e. The van der Waals surface area contributed by atoms with E-state index in [1.54, 1.807) is 0 Å². The molecule has 2 unspecified atom stereocenters. The summed E-state index contributed by atoms with van der Waals surface area (Å²) in [5, 5.41) is 10.8. The fraction of sp³-hybridized carbons (Fsp3) is 0.625. The predicted molar refractivity (Wildman–Crippen MR) is 92.1 cm³/mol. The number of aliphatic hydroxyl groups is 1. The molecule has 0 aromatic heterocycles. The lowest BCUT2D eigenvalue weighted by molar-refractivity contribution is -0.121. The number of benzene rings is 1. The Morgan fingerprint density at radius 1 is 1.30 bits per heavy atom. The first-order valence-corrected chi connectivity index (χ1v) is 9.58. The Morgan fingerprint density at radius 3 is 2.80 bits per heavy atom. The van der Waals surface area contributed by atoms with E-state index in [0.717, 1.165) is 41.4 Å². The number of hydrogen-bond donors (Lipinski definition) is 1. The van der Waals surface area contributed by atoms with Gasteiger partial charge in [0.25, 0.3) is 0 Å². The minimum absolute atomic E-state index is 0.0510. The van der Waals surface area contributed by atoms with Crippen molar-refractivity contribution in [3.8, 4) is 0 Å². The zero-order valence-corrected chi connectivity index (χ0v) is 14.5. The van der Waals surface area contributed by atoms with Gasteiger partial charge in [-0.05, 0) is 77.3 Å². The minimum atomic E-state index is -0.349. The van der Waals surface area contributed by atoms with Gasteiger partial charge in [0.2, 0.25) is 0 Å². The second kappa shape index (κ2) is 6.55. The third-order valence-electron chi connectivity index (χ3n) is 4.61. The lowest BCUT2D eigenvalue weighted by Gasteiger charge is -2.44. The summed E-state index contributed by atoms with van der Waals surface area (Å²) >= 11 is 4.35. The normalized spacial score (nSPS) is 27.4. The molecular formula is C16H21IO2S. The van der Waals surface area contributed by atoms with E-state index in [9.17, 15) is 5.11 Å². The van der Waals surface area contributed by atoms with Crippen LogP contribution in [0.4, 0.5) is 0 Å². The molecule has 110 valence electrons. The number of rotatable bonds is 2. The van der Waals surface area contributed by atoms with Gasteiger partial charge in [-0.1, -0.05) is 18.2 Å². The van der Waals surface area contributed by atoms with E-state index < -0.39 is 0 Å². The highest BCUT2D eigenvalue weighted by Crippen LogP contribution is 2.43. The predicted octanol–water partition coefficient (Wildman–Crippen LogP) is 4.02. The van der Waals surface area contributed by atoms with Crippen molar-refractivity contribution in [2.24, 2.45) is 5.92 Å². The molecule has 1 aromatic rings. The molecule has 1 spiro atoms. The molecule has 4 heteroatoms. The first-order chi connectivity index (χ1) is 9.70. The van der Waals surface area contributed by atoms with Crippen molar-refractivity contribution in [1.82, 2.24) is 0 Å². The summed E-state index contributed by atoms with van der Waals surface area (Å²) in [5.41, 5.74) is 1.13. The van der Waals surface area contributed by atoms with Gasteiger partial charge in [-0.3, -0.25) is 0 Å². The maximum Gasteiger partial charge on any atom is 0.0830 e. The average molecular weight is 404 g/mol. The molecule has 2 saturated heterocycles. The molecule has 2 aliphatic rings. The van der Waals surface area contributed by atoms with Crippen molar-refractivity contribution in [1.29, 1.82) is 0 Å². The van der Waals surface area contributed by atoms with Gasteiger partial charge in [-0.2, -0.15) is 11.8 Å². The zero-order valence-electron chi connectivity index (χ0n) is 11.6. The van der Waals surface area contributed by atoms with Gasteiger partial charge in [-0.15, -0.1) is 0 Å². The SMILES string of the molecule is OC(c1ccccc1I)C1CCOC2(CCSCC2)C1. The van der Waals surface area contributed by atoms with Crippen LogP contribution in [0.15, 0.2) is 24.3 Å². The third kappa shape index (κ3) is 3.18. The summed E-state index contributed by atoms with van der Waals surface area (Å²) in [5.74, 6) is 2.74. The van der Waals surface area contributed by atoms with Crippen LogP contribution in [0.1, 0.15) is 37.4 Å². The zero-order chi connectivity index (χ0) is 14.0. The van der Waals surface area contributed by atoms with Gasteiger partial charge in [0, 0.05) is 10.2 Å². The van der Waals surface area contributed by atoms with Crippen LogP contribution in [-0.2, 0) is 4.74 Å². The maximum atomic E-state index is 10.8. The van der Waals surface area contributed by atoms with Crippen LogP contribution < -0.4 is 0 Å². The van der Waals surface area contributed by atoms with Crippen molar-refractivity contribution in [2.75, 3.05) is 18.1 Å². The van der Waals surface area contributed by atoms with Crippen LogP contribution in [-0.4, -0.2) is 28.8 Å². The molecule has 2 heterocycles. The summed E-state index contributed by atoms with van der Waals surface area (Å²) in [6, 6.07) is 8.19. The summed E-state index contributed by atoms with van der Waals surface area (Å²) in [7, 11) is 0. The Labute approximate surface area is 138 Å². The Morgan fingerprint density at radius 2 is 2.05 bits per heavy atom. The van der Waals surface area contributed by atoms with E-state index in [0.29, 0.717) is 5.92 Å². The highest BCUT2D eigenvalue weighted by atomic mass is 127. The Kier molecular flexibility index (Phi) is 4.95. The Hall–Kier alpha value is 0.220. The minimum Gasteiger partial charge on any atom is -0.388 e. The van der Waals surface area contributed by atoms with Gasteiger partial charge in [0.15, 0.2) is 0 Å². The molecule has 0 amide bonds. The van der Waals surface area contributed by atoms with Gasteiger partial charge < -0.3 is 9.84 Å². The van der Waals surface area contributed by atoms with Gasteiger partial charge in [0.05, 0.1) is 11.7 Å². The topological polar surface area (TPSA) is 29.5 Å². The molecule has 3 rings (SSSR count). The van der Waals surface area contributed by atoms with E-state index >= 15 is 0 Å². The van der Waals surface area contributed by atoms with Crippen molar-refractivity contribution < 1.29 is 9.84 Å². The standard InChI is InChI=1S/C16H21IO2S/c17-14-4-2-1-3-13(14)15(18)12-5-8-19-16(11-12)6-9-20-10-7-16/h1-4,12,15,18H,5-11H2. The lowest BCUT2D eigenvalue weighted by atomic mass is 9.78. The lowest BCUT2D eigenvalue weighted by Crippen LogP contribution is -2.44. The van der Waals surface area contributed by atoms with Gasteiger partial charge in [-0.25, -0.2) is 0 Å². The molecule has 2 atom stereocenters. The smallest absolute Gasteiger partial charge is 0.0830 e. The van der Waals surface area contributed by atoms with Crippen molar-refractivity contribution in [3.63, 3.8) is 0 Å². The first-order valence-electron chi connectivity index (χ1n) is 7.34. The fourth-order valence-electron chi connectivity index (χ4n) is 3.40. The van der Waals surface area contributed by atoms with Crippen LogP contribution in [0.2, 0.25) is 0 Å². The number of thioether (sulfide) groups is 1.